The first kappa shape index (κ1) is 8.97. The molecule has 0 bridgehead atoms. The molecular weight excluding hydrogens is 200 g/mol. The number of imidazole rings is 1. The highest BCUT2D eigenvalue weighted by Crippen LogP contribution is 2.20. The third kappa shape index (κ3) is 1.54. The lowest BCUT2D eigenvalue weighted by atomic mass is 10.2. The quantitative estimate of drug-likeness (QED) is 0.707. The molecule has 14 heavy (non-hydrogen) atoms. The van der Waals surface area contributed by atoms with E-state index >= 15 is 0 Å². The molecule has 2 aromatic rings. The summed E-state index contributed by atoms with van der Waals surface area (Å²) in [5.41, 5.74) is 1.38. The van der Waals surface area contributed by atoms with Crippen LogP contribution in [0.2, 0.25) is 5.02 Å². The predicted octanol–water partition coefficient (Wildman–Crippen LogP) is 2.34. The summed E-state index contributed by atoms with van der Waals surface area (Å²) in [5, 5.41) is 0.535. The second-order valence-electron chi connectivity index (χ2n) is 2.80. The van der Waals surface area contributed by atoms with Crippen LogP contribution in [-0.2, 0) is 0 Å². The third-order valence-corrected chi connectivity index (χ3v) is 2.19. The van der Waals surface area contributed by atoms with E-state index in [-0.39, 0.29) is 0 Å². The van der Waals surface area contributed by atoms with Crippen molar-refractivity contribution in [1.82, 2.24) is 9.55 Å². The second kappa shape index (κ2) is 3.64. The Balaban J connectivity index is 2.51. The van der Waals surface area contributed by atoms with Crippen LogP contribution in [0.3, 0.4) is 0 Å². The van der Waals surface area contributed by atoms with Gasteiger partial charge < -0.3 is 4.57 Å². The molecule has 0 fully saturated rings. The van der Waals surface area contributed by atoms with Crippen molar-refractivity contribution >= 4 is 17.9 Å². The molecule has 0 saturated carbocycles. The molecule has 2 rings (SSSR count). The number of halogens is 1. The minimum atomic E-state index is 0.535. The molecule has 70 valence electrons. The minimum absolute atomic E-state index is 0.535. The van der Waals surface area contributed by atoms with Gasteiger partial charge in [-0.2, -0.15) is 0 Å². The molecule has 0 unspecified atom stereocenters. The van der Waals surface area contributed by atoms with E-state index in [4.69, 9.17) is 11.6 Å². The molecule has 1 heterocycles. The fraction of sp³-hybridized carbons (Fsp3) is 0. The molecule has 4 heteroatoms. The average Bonchev–Trinajstić information content (AvgIpc) is 2.70. The van der Waals surface area contributed by atoms with Crippen molar-refractivity contribution in [2.24, 2.45) is 0 Å². The first-order valence-corrected chi connectivity index (χ1v) is 4.42. The van der Waals surface area contributed by atoms with Gasteiger partial charge in [-0.25, -0.2) is 4.98 Å². The van der Waals surface area contributed by atoms with Gasteiger partial charge in [-0.15, -0.1) is 0 Å². The highest BCUT2D eigenvalue weighted by Gasteiger charge is 2.02. The molecule has 0 radical (unpaired) electrons. The number of hydrogen-bond acceptors (Lipinski definition) is 2. The molecule has 0 aliphatic rings. The van der Waals surface area contributed by atoms with Crippen LogP contribution in [0.1, 0.15) is 10.4 Å². The normalized spacial score (nSPS) is 10.1. The SMILES string of the molecule is O=Cc1ccc(-n2ccnc2)c(Cl)c1. The predicted molar refractivity (Wildman–Crippen MR) is 54.0 cm³/mol. The van der Waals surface area contributed by atoms with Gasteiger partial charge in [0.25, 0.3) is 0 Å². The Morgan fingerprint density at radius 3 is 2.86 bits per heavy atom. The number of hydrogen-bond donors (Lipinski definition) is 0. The molecule has 0 saturated heterocycles. The Bertz CT molecular complexity index is 451. The Labute approximate surface area is 86.0 Å². The largest absolute Gasteiger partial charge is 0.305 e. The summed E-state index contributed by atoms with van der Waals surface area (Å²) in [6, 6.07) is 5.13. The Hall–Kier alpha value is -1.61. The average molecular weight is 207 g/mol. The van der Waals surface area contributed by atoms with Crippen LogP contribution in [0.4, 0.5) is 0 Å². The van der Waals surface area contributed by atoms with Gasteiger partial charge in [0.05, 0.1) is 17.0 Å². The molecule has 0 aliphatic carbocycles. The van der Waals surface area contributed by atoms with E-state index in [1.165, 1.54) is 0 Å². The first-order chi connectivity index (χ1) is 6.81. The summed E-state index contributed by atoms with van der Waals surface area (Å²) in [6.45, 7) is 0. The van der Waals surface area contributed by atoms with Gasteiger partial charge in [0.2, 0.25) is 0 Å². The zero-order chi connectivity index (χ0) is 9.97. The molecule has 0 atom stereocenters. The van der Waals surface area contributed by atoms with Crippen LogP contribution < -0.4 is 0 Å². The number of rotatable bonds is 2. The standard InChI is InChI=1S/C10H7ClN2O/c11-9-5-8(6-14)1-2-10(9)13-4-3-12-7-13/h1-7H. The van der Waals surface area contributed by atoms with Gasteiger partial charge in [-0.3, -0.25) is 4.79 Å². The van der Waals surface area contributed by atoms with Gasteiger partial charge in [-0.1, -0.05) is 11.6 Å². The zero-order valence-corrected chi connectivity index (χ0v) is 7.98. The van der Waals surface area contributed by atoms with Crippen molar-refractivity contribution in [3.63, 3.8) is 0 Å². The van der Waals surface area contributed by atoms with Gasteiger partial charge in [-0.05, 0) is 18.2 Å². The molecule has 1 aromatic heterocycles. The van der Waals surface area contributed by atoms with Crippen LogP contribution in [0.25, 0.3) is 5.69 Å². The topological polar surface area (TPSA) is 34.9 Å². The minimum Gasteiger partial charge on any atom is -0.305 e. The zero-order valence-electron chi connectivity index (χ0n) is 7.22. The van der Waals surface area contributed by atoms with E-state index in [2.05, 4.69) is 4.98 Å². The summed E-state index contributed by atoms with van der Waals surface area (Å²) < 4.78 is 1.79. The fourth-order valence-corrected chi connectivity index (χ4v) is 1.49. The van der Waals surface area contributed by atoms with Crippen molar-refractivity contribution < 1.29 is 4.79 Å². The maximum absolute atomic E-state index is 10.5. The molecule has 0 spiro atoms. The Morgan fingerprint density at radius 2 is 2.29 bits per heavy atom. The van der Waals surface area contributed by atoms with Gasteiger partial charge >= 0.3 is 0 Å². The highest BCUT2D eigenvalue weighted by molar-refractivity contribution is 6.32. The summed E-state index contributed by atoms with van der Waals surface area (Å²) in [6.07, 6.45) is 5.89. The van der Waals surface area contributed by atoms with E-state index in [0.717, 1.165) is 12.0 Å². The van der Waals surface area contributed by atoms with Crippen molar-refractivity contribution in [1.29, 1.82) is 0 Å². The van der Waals surface area contributed by atoms with Crippen LogP contribution in [0.5, 0.6) is 0 Å². The van der Waals surface area contributed by atoms with Crippen molar-refractivity contribution in [2.45, 2.75) is 0 Å². The summed E-state index contributed by atoms with van der Waals surface area (Å²) >= 11 is 5.99. The fourth-order valence-electron chi connectivity index (χ4n) is 1.21. The van der Waals surface area contributed by atoms with Crippen LogP contribution >= 0.6 is 11.6 Å². The van der Waals surface area contributed by atoms with Gasteiger partial charge in [0, 0.05) is 18.0 Å². The van der Waals surface area contributed by atoms with Crippen LogP contribution in [0, 0.1) is 0 Å². The highest BCUT2D eigenvalue weighted by atomic mass is 35.5. The Kier molecular flexibility index (Phi) is 2.33. The third-order valence-electron chi connectivity index (χ3n) is 1.89. The molecule has 1 aromatic carbocycles. The maximum atomic E-state index is 10.5. The van der Waals surface area contributed by atoms with Crippen molar-refractivity contribution in [3.05, 3.63) is 47.5 Å². The van der Waals surface area contributed by atoms with Crippen molar-refractivity contribution in [3.8, 4) is 5.69 Å². The van der Waals surface area contributed by atoms with Crippen LogP contribution in [-0.4, -0.2) is 15.8 Å². The van der Waals surface area contributed by atoms with Gasteiger partial charge in [0.15, 0.2) is 0 Å². The molecule has 0 amide bonds. The maximum Gasteiger partial charge on any atom is 0.150 e. The Morgan fingerprint density at radius 1 is 1.43 bits per heavy atom. The lowest BCUT2D eigenvalue weighted by molar-refractivity contribution is 0.112. The summed E-state index contributed by atoms with van der Waals surface area (Å²) in [5.74, 6) is 0. The number of nitrogens with zero attached hydrogens (tertiary/aromatic N) is 2. The molecular formula is C10H7ClN2O. The van der Waals surface area contributed by atoms with E-state index in [1.54, 1.807) is 41.5 Å². The smallest absolute Gasteiger partial charge is 0.150 e. The molecule has 0 aliphatic heterocycles. The molecule has 3 nitrogen and oxygen atoms in total. The van der Waals surface area contributed by atoms with Crippen LogP contribution in [0.15, 0.2) is 36.9 Å². The number of carbonyl (C=O) groups excluding carboxylic acids is 1. The van der Waals surface area contributed by atoms with E-state index < -0.39 is 0 Å². The number of aldehydes is 1. The number of carbonyl (C=O) groups is 1. The molecule has 0 N–H and O–H groups in total. The van der Waals surface area contributed by atoms with E-state index in [0.29, 0.717) is 10.6 Å². The lowest BCUT2D eigenvalue weighted by Crippen LogP contribution is -1.92. The van der Waals surface area contributed by atoms with Crippen molar-refractivity contribution in [2.75, 3.05) is 0 Å². The van der Waals surface area contributed by atoms with E-state index in [1.807, 2.05) is 0 Å². The lowest BCUT2D eigenvalue weighted by Gasteiger charge is -2.04. The second-order valence-corrected chi connectivity index (χ2v) is 3.21. The van der Waals surface area contributed by atoms with E-state index in [9.17, 15) is 4.79 Å². The number of aromatic nitrogens is 2. The summed E-state index contributed by atoms with van der Waals surface area (Å²) in [4.78, 5) is 14.4. The first-order valence-electron chi connectivity index (χ1n) is 4.04. The monoisotopic (exact) mass is 206 g/mol. The summed E-state index contributed by atoms with van der Waals surface area (Å²) in [7, 11) is 0. The van der Waals surface area contributed by atoms with Gasteiger partial charge in [0.1, 0.15) is 6.29 Å². The number of benzene rings is 1.